The van der Waals surface area contributed by atoms with Crippen LogP contribution in [0.5, 0.6) is 0 Å². The van der Waals surface area contributed by atoms with Gasteiger partial charge in [0, 0.05) is 36.6 Å². The monoisotopic (exact) mass is 288 g/mol. The highest BCUT2D eigenvalue weighted by molar-refractivity contribution is 7.09. The highest BCUT2D eigenvalue weighted by Crippen LogP contribution is 2.21. The highest BCUT2D eigenvalue weighted by Gasteiger charge is 2.12. The van der Waals surface area contributed by atoms with Crippen molar-refractivity contribution in [3.05, 3.63) is 40.7 Å². The molecule has 1 unspecified atom stereocenters. The van der Waals surface area contributed by atoms with E-state index in [1.165, 1.54) is 23.4 Å². The Kier molecular flexibility index (Phi) is 4.79. The maximum Gasteiger partial charge on any atom is 0.0945 e. The quantitative estimate of drug-likeness (QED) is 0.918. The molecule has 20 heavy (non-hydrogen) atoms. The maximum absolute atomic E-state index is 5.47. The molecule has 0 radical (unpaired) electrons. The summed E-state index contributed by atoms with van der Waals surface area (Å²) in [4.78, 5) is 4.71. The van der Waals surface area contributed by atoms with Crippen molar-refractivity contribution in [2.45, 2.75) is 25.3 Å². The number of hydrogen-bond acceptors (Lipinski definition) is 4. The van der Waals surface area contributed by atoms with E-state index in [-0.39, 0.29) is 0 Å². The third kappa shape index (κ3) is 3.66. The van der Waals surface area contributed by atoms with Gasteiger partial charge >= 0.3 is 0 Å². The zero-order chi connectivity index (χ0) is 13.6. The number of aromatic nitrogens is 1. The summed E-state index contributed by atoms with van der Waals surface area (Å²) in [6, 6.07) is 10.9. The van der Waals surface area contributed by atoms with Crippen LogP contribution in [-0.2, 0) is 11.2 Å². The molecule has 0 bridgehead atoms. The molecule has 106 valence electrons. The normalized spacial score (nSPS) is 19.1. The first-order valence-electron chi connectivity index (χ1n) is 7.23. The van der Waals surface area contributed by atoms with Gasteiger partial charge in [0.1, 0.15) is 0 Å². The Morgan fingerprint density at radius 2 is 2.20 bits per heavy atom. The topological polar surface area (TPSA) is 34.1 Å². The lowest BCUT2D eigenvalue weighted by atomic mass is 10.1. The molecule has 4 heteroatoms. The summed E-state index contributed by atoms with van der Waals surface area (Å²) >= 11 is 1.75. The standard InChI is InChI=1S/C16H20N2OS/c1-2-5-13(6-3-1)15-12-20-16(18-15)8-9-17-14-7-4-10-19-11-14/h1-3,5-6,12,14,17H,4,7-11H2. The molecule has 0 saturated carbocycles. The van der Waals surface area contributed by atoms with Crippen molar-refractivity contribution in [1.29, 1.82) is 0 Å². The molecule has 3 nitrogen and oxygen atoms in total. The van der Waals surface area contributed by atoms with Crippen LogP contribution in [0.2, 0.25) is 0 Å². The second-order valence-electron chi connectivity index (χ2n) is 5.11. The number of hydrogen-bond donors (Lipinski definition) is 1. The van der Waals surface area contributed by atoms with Crippen LogP contribution in [0.1, 0.15) is 17.8 Å². The van der Waals surface area contributed by atoms with Crippen LogP contribution in [0.3, 0.4) is 0 Å². The lowest BCUT2D eigenvalue weighted by Crippen LogP contribution is -2.37. The SMILES string of the molecule is c1ccc(-c2csc(CCNC3CCCOC3)n2)cc1. The number of nitrogens with zero attached hydrogens (tertiary/aromatic N) is 1. The number of thiazole rings is 1. The maximum atomic E-state index is 5.47. The Labute approximate surface area is 124 Å². The summed E-state index contributed by atoms with van der Waals surface area (Å²) in [5.74, 6) is 0. The fraction of sp³-hybridized carbons (Fsp3) is 0.438. The lowest BCUT2D eigenvalue weighted by molar-refractivity contribution is 0.0707. The Morgan fingerprint density at radius 3 is 3.00 bits per heavy atom. The van der Waals surface area contributed by atoms with Crippen molar-refractivity contribution in [1.82, 2.24) is 10.3 Å². The van der Waals surface area contributed by atoms with E-state index in [9.17, 15) is 0 Å². The van der Waals surface area contributed by atoms with E-state index in [0.717, 1.165) is 31.9 Å². The number of rotatable bonds is 5. The van der Waals surface area contributed by atoms with Crippen LogP contribution in [-0.4, -0.2) is 30.8 Å². The van der Waals surface area contributed by atoms with Gasteiger partial charge in [0.2, 0.25) is 0 Å². The molecule has 0 spiro atoms. The van der Waals surface area contributed by atoms with Crippen LogP contribution in [0, 0.1) is 0 Å². The molecule has 0 aliphatic carbocycles. The van der Waals surface area contributed by atoms with E-state index in [0.29, 0.717) is 6.04 Å². The zero-order valence-corrected chi connectivity index (χ0v) is 12.4. The predicted octanol–water partition coefficient (Wildman–Crippen LogP) is 3.12. The molecule has 1 atom stereocenters. The van der Waals surface area contributed by atoms with Crippen LogP contribution >= 0.6 is 11.3 Å². The van der Waals surface area contributed by atoms with Crippen molar-refractivity contribution in [2.75, 3.05) is 19.8 Å². The average molecular weight is 288 g/mol. The predicted molar refractivity (Wildman–Crippen MR) is 83.1 cm³/mol. The Morgan fingerprint density at radius 1 is 1.30 bits per heavy atom. The minimum Gasteiger partial charge on any atom is -0.380 e. The fourth-order valence-electron chi connectivity index (χ4n) is 2.45. The molecule has 1 aromatic heterocycles. The first-order valence-corrected chi connectivity index (χ1v) is 8.11. The molecule has 3 rings (SSSR count). The zero-order valence-electron chi connectivity index (χ0n) is 11.5. The molecule has 1 N–H and O–H groups in total. The minimum absolute atomic E-state index is 0.525. The van der Waals surface area contributed by atoms with E-state index >= 15 is 0 Å². The second-order valence-corrected chi connectivity index (χ2v) is 6.05. The summed E-state index contributed by atoms with van der Waals surface area (Å²) in [5.41, 5.74) is 2.29. The van der Waals surface area contributed by atoms with Crippen molar-refractivity contribution in [3.63, 3.8) is 0 Å². The molecule has 1 aliphatic rings. The third-order valence-corrected chi connectivity index (χ3v) is 4.46. The lowest BCUT2D eigenvalue weighted by Gasteiger charge is -2.22. The van der Waals surface area contributed by atoms with Crippen LogP contribution < -0.4 is 5.32 Å². The largest absolute Gasteiger partial charge is 0.380 e. The van der Waals surface area contributed by atoms with E-state index in [1.807, 2.05) is 6.07 Å². The van der Waals surface area contributed by atoms with Gasteiger partial charge in [-0.05, 0) is 12.8 Å². The Bertz CT molecular complexity index is 520. The van der Waals surface area contributed by atoms with Crippen molar-refractivity contribution in [2.24, 2.45) is 0 Å². The molecule has 0 amide bonds. The second kappa shape index (κ2) is 6.97. The van der Waals surface area contributed by atoms with E-state index in [2.05, 4.69) is 35.0 Å². The van der Waals surface area contributed by atoms with Gasteiger partial charge in [-0.25, -0.2) is 4.98 Å². The smallest absolute Gasteiger partial charge is 0.0945 e. The van der Waals surface area contributed by atoms with Gasteiger partial charge in [-0.2, -0.15) is 0 Å². The third-order valence-electron chi connectivity index (χ3n) is 3.55. The van der Waals surface area contributed by atoms with Crippen LogP contribution in [0.25, 0.3) is 11.3 Å². The molecular weight excluding hydrogens is 268 g/mol. The Balaban J connectivity index is 1.50. The summed E-state index contributed by atoms with van der Waals surface area (Å²) in [6.45, 7) is 2.76. The fourth-order valence-corrected chi connectivity index (χ4v) is 3.26. The van der Waals surface area contributed by atoms with Crippen molar-refractivity contribution < 1.29 is 4.74 Å². The average Bonchev–Trinajstić information content (AvgIpc) is 2.98. The van der Waals surface area contributed by atoms with E-state index in [4.69, 9.17) is 9.72 Å². The molecule has 1 aromatic carbocycles. The summed E-state index contributed by atoms with van der Waals surface area (Å²) in [5, 5.41) is 6.91. The summed E-state index contributed by atoms with van der Waals surface area (Å²) in [7, 11) is 0. The van der Waals surface area contributed by atoms with Gasteiger partial charge in [0.15, 0.2) is 0 Å². The summed E-state index contributed by atoms with van der Waals surface area (Å²) < 4.78 is 5.47. The van der Waals surface area contributed by atoms with Crippen LogP contribution in [0.15, 0.2) is 35.7 Å². The molecular formula is C16H20N2OS. The summed E-state index contributed by atoms with van der Waals surface area (Å²) in [6.07, 6.45) is 3.40. The molecule has 1 aliphatic heterocycles. The highest BCUT2D eigenvalue weighted by atomic mass is 32.1. The van der Waals surface area contributed by atoms with Gasteiger partial charge < -0.3 is 10.1 Å². The van der Waals surface area contributed by atoms with E-state index in [1.54, 1.807) is 11.3 Å². The van der Waals surface area contributed by atoms with E-state index < -0.39 is 0 Å². The molecule has 2 aromatic rings. The van der Waals surface area contributed by atoms with Crippen LogP contribution in [0.4, 0.5) is 0 Å². The van der Waals surface area contributed by atoms with Gasteiger partial charge in [-0.15, -0.1) is 11.3 Å². The van der Waals surface area contributed by atoms with Gasteiger partial charge in [-0.3, -0.25) is 0 Å². The number of benzene rings is 1. The van der Waals surface area contributed by atoms with Gasteiger partial charge in [-0.1, -0.05) is 30.3 Å². The molecule has 2 heterocycles. The minimum atomic E-state index is 0.525. The first kappa shape index (κ1) is 13.7. The molecule has 1 fully saturated rings. The number of ether oxygens (including phenoxy) is 1. The van der Waals surface area contributed by atoms with Gasteiger partial charge in [0.25, 0.3) is 0 Å². The first-order chi connectivity index (χ1) is 9.92. The van der Waals surface area contributed by atoms with Gasteiger partial charge in [0.05, 0.1) is 17.3 Å². The number of nitrogens with one attached hydrogen (secondary N) is 1. The Hall–Kier alpha value is -1.23. The van der Waals surface area contributed by atoms with Crippen molar-refractivity contribution in [3.8, 4) is 11.3 Å². The van der Waals surface area contributed by atoms with Crippen molar-refractivity contribution >= 4 is 11.3 Å². The molecule has 1 saturated heterocycles.